The van der Waals surface area contributed by atoms with E-state index in [-0.39, 0.29) is 12.1 Å². The summed E-state index contributed by atoms with van der Waals surface area (Å²) in [5.74, 6) is 7.08. The van der Waals surface area contributed by atoms with Crippen molar-refractivity contribution < 1.29 is 9.53 Å². The molecule has 0 radical (unpaired) electrons. The number of hydrogen-bond acceptors (Lipinski definition) is 5. The van der Waals surface area contributed by atoms with Crippen molar-refractivity contribution in [3.63, 3.8) is 0 Å². The molecule has 0 bridgehead atoms. The maximum absolute atomic E-state index is 12.2. The number of carbonyl (C=O) groups is 1. The number of aromatic nitrogens is 2. The van der Waals surface area contributed by atoms with E-state index in [4.69, 9.17) is 10.6 Å². The summed E-state index contributed by atoms with van der Waals surface area (Å²) in [4.78, 5) is 18.4. The fourth-order valence-electron chi connectivity index (χ4n) is 2.98. The van der Waals surface area contributed by atoms with Crippen LogP contribution in [0.2, 0.25) is 0 Å². The van der Waals surface area contributed by atoms with E-state index in [1.54, 1.807) is 4.90 Å². The molecule has 2 atom stereocenters. The number of imidazole rings is 1. The highest BCUT2D eigenvalue weighted by Gasteiger charge is 2.34. The quantitative estimate of drug-likeness (QED) is 0.634. The molecule has 1 aliphatic heterocycles. The number of carbonyl (C=O) groups excluding carboxylic acids is 1. The van der Waals surface area contributed by atoms with Crippen LogP contribution in [0.1, 0.15) is 39.9 Å². The number of hydrazine groups is 1. The van der Waals surface area contributed by atoms with E-state index in [9.17, 15) is 4.79 Å². The molecule has 1 aliphatic rings. The standard InChI is InChI=1S/C16H29N5O2/c1-5-20-9-7-18-14(20)10-13(19-17)12-6-8-21(11-12)15(22)23-16(2,3)4/h7,9,12-13,19H,5-6,8,10-11,17H2,1-4H3. The fraction of sp³-hybridized carbons (Fsp3) is 0.750. The Morgan fingerprint density at radius 1 is 1.57 bits per heavy atom. The van der Waals surface area contributed by atoms with Gasteiger partial charge in [-0.3, -0.25) is 11.3 Å². The Bertz CT molecular complexity index is 523. The first kappa shape index (κ1) is 17.7. The molecule has 130 valence electrons. The van der Waals surface area contributed by atoms with Crippen molar-refractivity contribution in [1.29, 1.82) is 0 Å². The number of nitrogens with two attached hydrogens (primary N) is 1. The van der Waals surface area contributed by atoms with Crippen LogP contribution in [0.4, 0.5) is 4.79 Å². The van der Waals surface area contributed by atoms with Crippen LogP contribution >= 0.6 is 0 Å². The third kappa shape index (κ3) is 4.68. The summed E-state index contributed by atoms with van der Waals surface area (Å²) in [5, 5.41) is 0. The van der Waals surface area contributed by atoms with Gasteiger partial charge in [0.1, 0.15) is 11.4 Å². The molecule has 2 rings (SSSR count). The van der Waals surface area contributed by atoms with Crippen molar-refractivity contribution in [2.75, 3.05) is 13.1 Å². The SMILES string of the molecule is CCn1ccnc1CC(NN)C1CCN(C(=O)OC(C)(C)C)C1. The Hall–Kier alpha value is -1.60. The fourth-order valence-corrected chi connectivity index (χ4v) is 2.98. The number of likely N-dealkylation sites (tertiary alicyclic amines) is 1. The van der Waals surface area contributed by atoms with E-state index in [0.717, 1.165) is 25.2 Å². The van der Waals surface area contributed by atoms with Gasteiger partial charge in [0, 0.05) is 44.5 Å². The number of hydrogen-bond donors (Lipinski definition) is 2. The summed E-state index contributed by atoms with van der Waals surface area (Å²) in [6.45, 7) is 10.0. The van der Waals surface area contributed by atoms with Gasteiger partial charge in [-0.25, -0.2) is 9.78 Å². The Labute approximate surface area is 138 Å². The number of rotatable bonds is 5. The molecule has 7 nitrogen and oxygen atoms in total. The van der Waals surface area contributed by atoms with E-state index >= 15 is 0 Å². The topological polar surface area (TPSA) is 85.4 Å². The van der Waals surface area contributed by atoms with E-state index in [1.807, 2.05) is 33.2 Å². The predicted octanol–water partition coefficient (Wildman–Crippen LogP) is 1.53. The first-order chi connectivity index (χ1) is 10.8. The Kier molecular flexibility index (Phi) is 5.64. The van der Waals surface area contributed by atoms with Crippen LogP contribution in [0.5, 0.6) is 0 Å². The number of nitrogens with zero attached hydrogens (tertiary/aromatic N) is 3. The first-order valence-corrected chi connectivity index (χ1v) is 8.28. The minimum absolute atomic E-state index is 0.0927. The van der Waals surface area contributed by atoms with Crippen molar-refractivity contribution in [2.45, 2.75) is 58.7 Å². The molecule has 1 fully saturated rings. The summed E-state index contributed by atoms with van der Waals surface area (Å²) >= 11 is 0. The third-order valence-electron chi connectivity index (χ3n) is 4.20. The van der Waals surface area contributed by atoms with Crippen LogP contribution in [0.15, 0.2) is 12.4 Å². The Morgan fingerprint density at radius 2 is 2.30 bits per heavy atom. The zero-order valence-electron chi connectivity index (χ0n) is 14.6. The largest absolute Gasteiger partial charge is 0.444 e. The monoisotopic (exact) mass is 323 g/mol. The maximum atomic E-state index is 12.2. The van der Waals surface area contributed by atoms with E-state index in [2.05, 4.69) is 21.9 Å². The van der Waals surface area contributed by atoms with Gasteiger partial charge in [-0.05, 0) is 40.0 Å². The maximum Gasteiger partial charge on any atom is 0.410 e. The van der Waals surface area contributed by atoms with Crippen molar-refractivity contribution in [3.05, 3.63) is 18.2 Å². The highest BCUT2D eigenvalue weighted by molar-refractivity contribution is 5.68. The first-order valence-electron chi connectivity index (χ1n) is 8.28. The predicted molar refractivity (Wildman–Crippen MR) is 88.6 cm³/mol. The summed E-state index contributed by atoms with van der Waals surface area (Å²) in [6.07, 6.45) is 5.22. The van der Waals surface area contributed by atoms with Gasteiger partial charge in [-0.15, -0.1) is 0 Å². The molecule has 0 saturated carbocycles. The molecule has 1 aromatic rings. The molecular weight excluding hydrogens is 294 g/mol. The van der Waals surface area contributed by atoms with Gasteiger partial charge in [0.25, 0.3) is 0 Å². The highest BCUT2D eigenvalue weighted by atomic mass is 16.6. The van der Waals surface area contributed by atoms with Crippen molar-refractivity contribution in [2.24, 2.45) is 11.8 Å². The molecule has 0 spiro atoms. The van der Waals surface area contributed by atoms with Crippen LogP contribution in [-0.2, 0) is 17.7 Å². The molecule has 23 heavy (non-hydrogen) atoms. The number of nitrogens with one attached hydrogen (secondary N) is 1. The van der Waals surface area contributed by atoms with E-state index in [1.165, 1.54) is 0 Å². The normalized spacial score (nSPS) is 19.9. The number of ether oxygens (including phenoxy) is 1. The van der Waals surface area contributed by atoms with E-state index in [0.29, 0.717) is 19.0 Å². The van der Waals surface area contributed by atoms with E-state index < -0.39 is 5.60 Å². The zero-order chi connectivity index (χ0) is 17.0. The summed E-state index contributed by atoms with van der Waals surface area (Å²) in [5.41, 5.74) is 2.44. The lowest BCUT2D eigenvalue weighted by Crippen LogP contribution is -2.44. The number of amides is 1. The van der Waals surface area contributed by atoms with Crippen LogP contribution in [0.3, 0.4) is 0 Å². The van der Waals surface area contributed by atoms with Gasteiger partial charge in [0.2, 0.25) is 0 Å². The average Bonchev–Trinajstić information content (AvgIpc) is 3.11. The summed E-state index contributed by atoms with van der Waals surface area (Å²) < 4.78 is 7.56. The molecule has 0 aromatic carbocycles. The lowest BCUT2D eigenvalue weighted by atomic mass is 9.96. The second kappa shape index (κ2) is 7.31. The lowest BCUT2D eigenvalue weighted by molar-refractivity contribution is 0.0285. The molecule has 2 heterocycles. The zero-order valence-corrected chi connectivity index (χ0v) is 14.6. The van der Waals surface area contributed by atoms with Crippen LogP contribution in [0.25, 0.3) is 0 Å². The second-order valence-electron chi connectivity index (χ2n) is 7.08. The van der Waals surface area contributed by atoms with Gasteiger partial charge in [-0.2, -0.15) is 0 Å². The molecule has 1 saturated heterocycles. The van der Waals surface area contributed by atoms with Crippen molar-refractivity contribution in [1.82, 2.24) is 19.9 Å². The van der Waals surface area contributed by atoms with Gasteiger partial charge in [0.15, 0.2) is 0 Å². The number of aryl methyl sites for hydroxylation is 1. The van der Waals surface area contributed by atoms with Crippen molar-refractivity contribution in [3.8, 4) is 0 Å². The molecular formula is C16H29N5O2. The minimum Gasteiger partial charge on any atom is -0.444 e. The molecule has 1 aromatic heterocycles. The highest BCUT2D eigenvalue weighted by Crippen LogP contribution is 2.23. The van der Waals surface area contributed by atoms with Crippen LogP contribution < -0.4 is 11.3 Å². The van der Waals surface area contributed by atoms with Gasteiger partial charge < -0.3 is 14.2 Å². The molecule has 1 amide bonds. The van der Waals surface area contributed by atoms with Gasteiger partial charge in [0.05, 0.1) is 0 Å². The summed E-state index contributed by atoms with van der Waals surface area (Å²) in [7, 11) is 0. The molecule has 7 heteroatoms. The van der Waals surface area contributed by atoms with Gasteiger partial charge in [-0.1, -0.05) is 0 Å². The lowest BCUT2D eigenvalue weighted by Gasteiger charge is -2.26. The second-order valence-corrected chi connectivity index (χ2v) is 7.08. The smallest absolute Gasteiger partial charge is 0.410 e. The summed E-state index contributed by atoms with van der Waals surface area (Å²) in [6, 6.07) is 0.0927. The van der Waals surface area contributed by atoms with Crippen LogP contribution in [0, 0.1) is 5.92 Å². The van der Waals surface area contributed by atoms with Crippen LogP contribution in [-0.4, -0.2) is 45.3 Å². The van der Waals surface area contributed by atoms with Gasteiger partial charge >= 0.3 is 6.09 Å². The molecule has 3 N–H and O–H groups in total. The average molecular weight is 323 g/mol. The van der Waals surface area contributed by atoms with Crippen molar-refractivity contribution >= 4 is 6.09 Å². The molecule has 2 unspecified atom stereocenters. The minimum atomic E-state index is -0.466. The molecule has 0 aliphatic carbocycles. The Morgan fingerprint density at radius 3 is 2.91 bits per heavy atom. The third-order valence-corrected chi connectivity index (χ3v) is 4.20. The Balaban J connectivity index is 1.94.